The fourth-order valence-corrected chi connectivity index (χ4v) is 2.03. The number of hydrogen-bond donors (Lipinski definition) is 1. The summed E-state index contributed by atoms with van der Waals surface area (Å²) in [6.07, 6.45) is 1.05. The Morgan fingerprint density at radius 1 is 1.41 bits per heavy atom. The molecule has 0 saturated carbocycles. The van der Waals surface area contributed by atoms with Crippen molar-refractivity contribution >= 4 is 17.6 Å². The first-order valence-electron chi connectivity index (χ1n) is 5.74. The van der Waals surface area contributed by atoms with Crippen LogP contribution in [0, 0.1) is 5.92 Å². The van der Waals surface area contributed by atoms with Gasteiger partial charge in [0.15, 0.2) is 0 Å². The summed E-state index contributed by atoms with van der Waals surface area (Å²) in [5.74, 6) is -1.58. The third-order valence-electron chi connectivity index (χ3n) is 3.13. The summed E-state index contributed by atoms with van der Waals surface area (Å²) >= 11 is 0. The lowest BCUT2D eigenvalue weighted by atomic mass is 10.1. The molecule has 0 unspecified atom stereocenters. The molecule has 1 aromatic rings. The first-order valence-corrected chi connectivity index (χ1v) is 5.74. The van der Waals surface area contributed by atoms with Crippen molar-refractivity contribution < 1.29 is 14.7 Å². The maximum atomic E-state index is 11.7. The molecule has 1 atom stereocenters. The summed E-state index contributed by atoms with van der Waals surface area (Å²) in [4.78, 5) is 24.1. The van der Waals surface area contributed by atoms with E-state index in [9.17, 15) is 9.59 Å². The van der Waals surface area contributed by atoms with Gasteiger partial charge in [-0.3, -0.25) is 9.59 Å². The molecule has 1 N–H and O–H groups in total. The number of carbonyl (C=O) groups is 2. The van der Waals surface area contributed by atoms with Crippen molar-refractivity contribution in [3.8, 4) is 0 Å². The normalized spacial score (nSPS) is 19.7. The molecular weight excluding hydrogens is 218 g/mol. The molecule has 1 saturated heterocycles. The van der Waals surface area contributed by atoms with Gasteiger partial charge in [0, 0.05) is 18.7 Å². The summed E-state index contributed by atoms with van der Waals surface area (Å²) in [5.41, 5.74) is 1.99. The molecule has 0 aliphatic carbocycles. The second-order valence-electron chi connectivity index (χ2n) is 4.26. The number of carbonyl (C=O) groups excluding carboxylic acids is 1. The molecule has 1 aliphatic heterocycles. The first-order chi connectivity index (χ1) is 8.11. The smallest absolute Gasteiger partial charge is 0.308 e. The highest BCUT2D eigenvalue weighted by Crippen LogP contribution is 2.25. The Kier molecular flexibility index (Phi) is 3.13. The van der Waals surface area contributed by atoms with Crippen molar-refractivity contribution in [2.75, 3.05) is 11.4 Å². The van der Waals surface area contributed by atoms with E-state index < -0.39 is 11.9 Å². The van der Waals surface area contributed by atoms with Gasteiger partial charge in [0.25, 0.3) is 0 Å². The summed E-state index contributed by atoms with van der Waals surface area (Å²) in [7, 11) is 0. The molecular formula is C13H15NO3. The number of rotatable bonds is 3. The number of carboxylic acid groups (broad SMARTS) is 1. The topological polar surface area (TPSA) is 57.6 Å². The third kappa shape index (κ3) is 2.30. The maximum Gasteiger partial charge on any atom is 0.308 e. The molecule has 1 aromatic carbocycles. The van der Waals surface area contributed by atoms with Gasteiger partial charge in [-0.05, 0) is 24.1 Å². The van der Waals surface area contributed by atoms with E-state index in [0.717, 1.165) is 12.1 Å². The molecule has 4 nitrogen and oxygen atoms in total. The Morgan fingerprint density at radius 2 is 2.06 bits per heavy atom. The average Bonchev–Trinajstić information content (AvgIpc) is 2.72. The van der Waals surface area contributed by atoms with Crippen LogP contribution in [0.1, 0.15) is 18.9 Å². The molecule has 90 valence electrons. The predicted octanol–water partition coefficient (Wildman–Crippen LogP) is 1.69. The van der Waals surface area contributed by atoms with Gasteiger partial charge in [-0.2, -0.15) is 0 Å². The van der Waals surface area contributed by atoms with Crippen LogP contribution in [-0.2, 0) is 16.0 Å². The summed E-state index contributed by atoms with van der Waals surface area (Å²) in [6.45, 7) is 2.34. The Balaban J connectivity index is 2.17. The van der Waals surface area contributed by atoms with Crippen LogP contribution in [0.15, 0.2) is 24.3 Å². The molecule has 1 fully saturated rings. The zero-order valence-electron chi connectivity index (χ0n) is 9.72. The lowest BCUT2D eigenvalue weighted by Crippen LogP contribution is -2.25. The van der Waals surface area contributed by atoms with Crippen LogP contribution in [0.25, 0.3) is 0 Å². The van der Waals surface area contributed by atoms with Gasteiger partial charge < -0.3 is 10.0 Å². The van der Waals surface area contributed by atoms with Crippen LogP contribution < -0.4 is 4.90 Å². The van der Waals surface area contributed by atoms with E-state index in [2.05, 4.69) is 6.92 Å². The Morgan fingerprint density at radius 3 is 2.53 bits per heavy atom. The van der Waals surface area contributed by atoms with Gasteiger partial charge >= 0.3 is 5.97 Å². The monoisotopic (exact) mass is 233 g/mol. The van der Waals surface area contributed by atoms with Crippen molar-refractivity contribution in [1.29, 1.82) is 0 Å². The molecule has 0 bridgehead atoms. The molecule has 1 aliphatic rings. The molecule has 4 heteroatoms. The second-order valence-corrected chi connectivity index (χ2v) is 4.26. The van der Waals surface area contributed by atoms with Crippen LogP contribution in [0.5, 0.6) is 0 Å². The molecule has 0 spiro atoms. The van der Waals surface area contributed by atoms with Crippen molar-refractivity contribution in [2.24, 2.45) is 5.92 Å². The van der Waals surface area contributed by atoms with Crippen LogP contribution in [0.2, 0.25) is 0 Å². The summed E-state index contributed by atoms with van der Waals surface area (Å²) < 4.78 is 0. The zero-order valence-corrected chi connectivity index (χ0v) is 9.72. The number of aliphatic carboxylic acids is 1. The summed E-state index contributed by atoms with van der Waals surface area (Å²) in [5, 5.41) is 8.90. The van der Waals surface area contributed by atoms with E-state index >= 15 is 0 Å². The standard InChI is InChI=1S/C13H15NO3/c1-2-9-3-5-11(6-4-9)14-8-10(13(16)17)7-12(14)15/h3-6,10H,2,7-8H2,1H3,(H,16,17)/t10-/m0/s1. The zero-order chi connectivity index (χ0) is 12.4. The first kappa shape index (κ1) is 11.6. The third-order valence-corrected chi connectivity index (χ3v) is 3.13. The number of benzene rings is 1. The van der Waals surface area contributed by atoms with Gasteiger partial charge in [-0.25, -0.2) is 0 Å². The minimum absolute atomic E-state index is 0.102. The van der Waals surface area contributed by atoms with Gasteiger partial charge in [0.1, 0.15) is 0 Å². The second kappa shape index (κ2) is 4.57. The van der Waals surface area contributed by atoms with Crippen LogP contribution in [0.3, 0.4) is 0 Å². The Hall–Kier alpha value is -1.84. The van der Waals surface area contributed by atoms with E-state index in [1.54, 1.807) is 4.90 Å². The van der Waals surface area contributed by atoms with Crippen molar-refractivity contribution in [3.05, 3.63) is 29.8 Å². The van der Waals surface area contributed by atoms with E-state index in [0.29, 0.717) is 0 Å². The minimum Gasteiger partial charge on any atom is -0.481 e. The van der Waals surface area contributed by atoms with Crippen molar-refractivity contribution in [2.45, 2.75) is 19.8 Å². The summed E-state index contributed by atoms with van der Waals surface area (Å²) in [6, 6.07) is 7.69. The van der Waals surface area contributed by atoms with Crippen LogP contribution >= 0.6 is 0 Å². The number of hydrogen-bond acceptors (Lipinski definition) is 2. The molecule has 0 radical (unpaired) electrons. The highest BCUT2D eigenvalue weighted by atomic mass is 16.4. The van der Waals surface area contributed by atoms with Crippen LogP contribution in [0.4, 0.5) is 5.69 Å². The van der Waals surface area contributed by atoms with E-state index in [-0.39, 0.29) is 18.9 Å². The number of carboxylic acids is 1. The number of anilines is 1. The fourth-order valence-electron chi connectivity index (χ4n) is 2.03. The minimum atomic E-state index is -0.897. The van der Waals surface area contributed by atoms with E-state index in [4.69, 9.17) is 5.11 Å². The van der Waals surface area contributed by atoms with Gasteiger partial charge in [-0.15, -0.1) is 0 Å². The van der Waals surface area contributed by atoms with Gasteiger partial charge in [-0.1, -0.05) is 19.1 Å². The van der Waals surface area contributed by atoms with Gasteiger partial charge in [0.2, 0.25) is 5.91 Å². The number of nitrogens with zero attached hydrogens (tertiary/aromatic N) is 1. The quantitative estimate of drug-likeness (QED) is 0.864. The lowest BCUT2D eigenvalue weighted by Gasteiger charge is -2.16. The molecule has 1 heterocycles. The van der Waals surface area contributed by atoms with Crippen LogP contribution in [-0.4, -0.2) is 23.5 Å². The molecule has 1 amide bonds. The SMILES string of the molecule is CCc1ccc(N2C[C@@H](C(=O)O)CC2=O)cc1. The Bertz CT molecular complexity index is 438. The largest absolute Gasteiger partial charge is 0.481 e. The fraction of sp³-hybridized carbons (Fsp3) is 0.385. The molecule has 17 heavy (non-hydrogen) atoms. The Labute approximate surface area is 99.9 Å². The van der Waals surface area contributed by atoms with Gasteiger partial charge in [0.05, 0.1) is 5.92 Å². The average molecular weight is 233 g/mol. The van der Waals surface area contributed by atoms with E-state index in [1.807, 2.05) is 24.3 Å². The van der Waals surface area contributed by atoms with E-state index in [1.165, 1.54) is 5.56 Å². The highest BCUT2D eigenvalue weighted by Gasteiger charge is 2.34. The predicted molar refractivity (Wildman–Crippen MR) is 63.9 cm³/mol. The van der Waals surface area contributed by atoms with Crippen molar-refractivity contribution in [1.82, 2.24) is 0 Å². The number of aryl methyl sites for hydroxylation is 1. The lowest BCUT2D eigenvalue weighted by molar-refractivity contribution is -0.141. The number of amides is 1. The highest BCUT2D eigenvalue weighted by molar-refractivity contribution is 5.99. The molecule has 0 aromatic heterocycles. The maximum absolute atomic E-state index is 11.7. The molecule has 2 rings (SSSR count). The van der Waals surface area contributed by atoms with Crippen molar-refractivity contribution in [3.63, 3.8) is 0 Å².